The minimum absolute atomic E-state index is 0.715. The van der Waals surface area contributed by atoms with E-state index >= 15 is 0 Å². The van der Waals surface area contributed by atoms with Gasteiger partial charge in [-0.3, -0.25) is 0 Å². The SMILES string of the molecule is CCOc1ccc(CNc2ccc3c(c2)CCC3)cc1. The van der Waals surface area contributed by atoms with E-state index in [4.69, 9.17) is 4.74 Å². The highest BCUT2D eigenvalue weighted by Crippen LogP contribution is 2.25. The predicted octanol–water partition coefficient (Wildman–Crippen LogP) is 4.19. The standard InChI is InChI=1S/C18H21NO/c1-2-20-18-10-6-14(7-11-18)13-19-17-9-8-15-4-3-5-16(15)12-17/h6-12,19H,2-5,13H2,1H3. The Hall–Kier alpha value is -1.96. The molecule has 0 radical (unpaired) electrons. The molecule has 2 aromatic rings. The number of nitrogens with one attached hydrogen (secondary N) is 1. The van der Waals surface area contributed by atoms with Gasteiger partial charge in [-0.1, -0.05) is 18.2 Å². The molecule has 104 valence electrons. The number of anilines is 1. The van der Waals surface area contributed by atoms with Gasteiger partial charge in [0.2, 0.25) is 0 Å². The molecule has 0 atom stereocenters. The maximum atomic E-state index is 5.45. The normalized spacial score (nSPS) is 13.1. The number of ether oxygens (including phenoxy) is 1. The average Bonchev–Trinajstić information content (AvgIpc) is 2.94. The second-order valence-electron chi connectivity index (χ2n) is 5.27. The highest BCUT2D eigenvalue weighted by atomic mass is 16.5. The molecule has 0 saturated heterocycles. The minimum Gasteiger partial charge on any atom is -0.494 e. The van der Waals surface area contributed by atoms with Crippen molar-refractivity contribution in [1.82, 2.24) is 0 Å². The van der Waals surface area contributed by atoms with Crippen molar-refractivity contribution < 1.29 is 4.74 Å². The maximum Gasteiger partial charge on any atom is 0.119 e. The Balaban J connectivity index is 1.61. The van der Waals surface area contributed by atoms with E-state index < -0.39 is 0 Å². The van der Waals surface area contributed by atoms with Gasteiger partial charge in [0.15, 0.2) is 0 Å². The smallest absolute Gasteiger partial charge is 0.119 e. The third-order valence-corrected chi connectivity index (χ3v) is 3.83. The lowest BCUT2D eigenvalue weighted by Gasteiger charge is -2.09. The van der Waals surface area contributed by atoms with Crippen LogP contribution in [-0.2, 0) is 19.4 Å². The summed E-state index contributed by atoms with van der Waals surface area (Å²) in [5, 5.41) is 3.50. The quantitative estimate of drug-likeness (QED) is 0.877. The van der Waals surface area contributed by atoms with Crippen molar-refractivity contribution in [3.8, 4) is 5.75 Å². The van der Waals surface area contributed by atoms with Crippen LogP contribution in [0.3, 0.4) is 0 Å². The lowest BCUT2D eigenvalue weighted by Crippen LogP contribution is -2.00. The van der Waals surface area contributed by atoms with Crippen LogP contribution in [0, 0.1) is 0 Å². The Morgan fingerprint density at radius 3 is 2.60 bits per heavy atom. The van der Waals surface area contributed by atoms with Crippen LogP contribution in [0.15, 0.2) is 42.5 Å². The lowest BCUT2D eigenvalue weighted by molar-refractivity contribution is 0.340. The molecule has 0 heterocycles. The van der Waals surface area contributed by atoms with Crippen molar-refractivity contribution in [2.45, 2.75) is 32.7 Å². The summed E-state index contributed by atoms with van der Waals surface area (Å²) in [7, 11) is 0. The first kappa shape index (κ1) is 13.0. The van der Waals surface area contributed by atoms with E-state index in [1.54, 1.807) is 0 Å². The first-order chi connectivity index (χ1) is 9.85. The van der Waals surface area contributed by atoms with Crippen LogP contribution < -0.4 is 10.1 Å². The molecule has 2 aromatic carbocycles. The molecule has 0 aliphatic heterocycles. The number of hydrogen-bond acceptors (Lipinski definition) is 2. The molecule has 0 bridgehead atoms. The fourth-order valence-corrected chi connectivity index (χ4v) is 2.76. The fourth-order valence-electron chi connectivity index (χ4n) is 2.76. The summed E-state index contributed by atoms with van der Waals surface area (Å²) in [6.07, 6.45) is 3.78. The van der Waals surface area contributed by atoms with E-state index in [0.717, 1.165) is 12.3 Å². The number of fused-ring (bicyclic) bond motifs is 1. The minimum atomic E-state index is 0.715. The molecule has 1 aliphatic carbocycles. The molecule has 0 unspecified atom stereocenters. The Morgan fingerprint density at radius 2 is 1.80 bits per heavy atom. The van der Waals surface area contributed by atoms with E-state index in [-0.39, 0.29) is 0 Å². The van der Waals surface area contributed by atoms with Gasteiger partial charge < -0.3 is 10.1 Å². The number of rotatable bonds is 5. The van der Waals surface area contributed by atoms with Crippen LogP contribution in [0.1, 0.15) is 30.0 Å². The summed E-state index contributed by atoms with van der Waals surface area (Å²) in [6, 6.07) is 15.1. The fraction of sp³-hybridized carbons (Fsp3) is 0.333. The summed E-state index contributed by atoms with van der Waals surface area (Å²) >= 11 is 0. The molecule has 20 heavy (non-hydrogen) atoms. The average molecular weight is 267 g/mol. The van der Waals surface area contributed by atoms with E-state index in [9.17, 15) is 0 Å². The van der Waals surface area contributed by atoms with Crippen LogP contribution in [0.2, 0.25) is 0 Å². The topological polar surface area (TPSA) is 21.3 Å². The van der Waals surface area contributed by atoms with Crippen LogP contribution in [0.25, 0.3) is 0 Å². The largest absolute Gasteiger partial charge is 0.494 e. The number of hydrogen-bond donors (Lipinski definition) is 1. The Kier molecular flexibility index (Phi) is 3.91. The highest BCUT2D eigenvalue weighted by Gasteiger charge is 2.10. The zero-order chi connectivity index (χ0) is 13.8. The summed E-state index contributed by atoms with van der Waals surface area (Å²) in [4.78, 5) is 0. The number of benzene rings is 2. The Bertz CT molecular complexity index is 574. The van der Waals surface area contributed by atoms with Gasteiger partial charge >= 0.3 is 0 Å². The molecule has 0 spiro atoms. The molecule has 0 amide bonds. The van der Waals surface area contributed by atoms with Crippen LogP contribution in [0.4, 0.5) is 5.69 Å². The van der Waals surface area contributed by atoms with Crippen molar-refractivity contribution in [3.05, 3.63) is 59.2 Å². The molecule has 2 heteroatoms. The maximum absolute atomic E-state index is 5.45. The highest BCUT2D eigenvalue weighted by molar-refractivity contribution is 5.50. The van der Waals surface area contributed by atoms with Gasteiger partial charge in [-0.25, -0.2) is 0 Å². The molecule has 0 fully saturated rings. The second-order valence-corrected chi connectivity index (χ2v) is 5.27. The molecular formula is C18H21NO. The molecule has 2 nitrogen and oxygen atoms in total. The van der Waals surface area contributed by atoms with Crippen molar-refractivity contribution >= 4 is 5.69 Å². The summed E-state index contributed by atoms with van der Waals surface area (Å²) < 4.78 is 5.45. The molecule has 1 aliphatic rings. The molecule has 0 saturated carbocycles. The van der Waals surface area contributed by atoms with E-state index in [0.29, 0.717) is 6.61 Å². The van der Waals surface area contributed by atoms with Gasteiger partial charge in [-0.15, -0.1) is 0 Å². The predicted molar refractivity (Wildman–Crippen MR) is 83.4 cm³/mol. The second kappa shape index (κ2) is 6.00. The van der Waals surface area contributed by atoms with Gasteiger partial charge in [0, 0.05) is 12.2 Å². The van der Waals surface area contributed by atoms with Crippen LogP contribution >= 0.6 is 0 Å². The third-order valence-electron chi connectivity index (χ3n) is 3.83. The molecular weight excluding hydrogens is 246 g/mol. The van der Waals surface area contributed by atoms with Crippen molar-refractivity contribution in [2.24, 2.45) is 0 Å². The first-order valence-electron chi connectivity index (χ1n) is 7.42. The van der Waals surface area contributed by atoms with E-state index in [1.807, 2.05) is 19.1 Å². The van der Waals surface area contributed by atoms with Crippen molar-refractivity contribution in [3.63, 3.8) is 0 Å². The molecule has 3 rings (SSSR count). The Labute approximate surface area is 120 Å². The monoisotopic (exact) mass is 267 g/mol. The summed E-state index contributed by atoms with van der Waals surface area (Å²) in [5.41, 5.74) is 5.53. The van der Waals surface area contributed by atoms with E-state index in [1.165, 1.54) is 41.6 Å². The number of aryl methyl sites for hydroxylation is 2. The van der Waals surface area contributed by atoms with Gasteiger partial charge in [0.25, 0.3) is 0 Å². The summed E-state index contributed by atoms with van der Waals surface area (Å²) in [5.74, 6) is 0.939. The third kappa shape index (κ3) is 2.96. The van der Waals surface area contributed by atoms with Gasteiger partial charge in [0.05, 0.1) is 6.61 Å². The van der Waals surface area contributed by atoms with Crippen LogP contribution in [-0.4, -0.2) is 6.61 Å². The Morgan fingerprint density at radius 1 is 1.00 bits per heavy atom. The van der Waals surface area contributed by atoms with Crippen LogP contribution in [0.5, 0.6) is 5.75 Å². The van der Waals surface area contributed by atoms with Gasteiger partial charge in [-0.05, 0) is 67.1 Å². The summed E-state index contributed by atoms with van der Waals surface area (Å²) in [6.45, 7) is 3.57. The zero-order valence-electron chi connectivity index (χ0n) is 12.0. The molecule has 1 N–H and O–H groups in total. The van der Waals surface area contributed by atoms with Gasteiger partial charge in [0.1, 0.15) is 5.75 Å². The van der Waals surface area contributed by atoms with E-state index in [2.05, 4.69) is 35.6 Å². The molecule has 0 aromatic heterocycles. The zero-order valence-corrected chi connectivity index (χ0v) is 12.0. The lowest BCUT2D eigenvalue weighted by atomic mass is 10.1. The van der Waals surface area contributed by atoms with Gasteiger partial charge in [-0.2, -0.15) is 0 Å². The van der Waals surface area contributed by atoms with Crippen molar-refractivity contribution in [2.75, 3.05) is 11.9 Å². The van der Waals surface area contributed by atoms with Crippen molar-refractivity contribution in [1.29, 1.82) is 0 Å². The first-order valence-corrected chi connectivity index (χ1v) is 7.42.